The molecule has 0 rings (SSSR count). The molecule has 0 aliphatic carbocycles. The number of carbonyl (C=O) groups is 2. The molecule has 0 aliphatic rings. The van der Waals surface area contributed by atoms with E-state index < -0.39 is 12.1 Å². The van der Waals surface area contributed by atoms with E-state index in [0.29, 0.717) is 19.4 Å². The molecule has 2 atom stereocenters. The highest BCUT2D eigenvalue weighted by atomic mass is 16.5. The second-order valence-electron chi connectivity index (χ2n) is 28.8. The van der Waals surface area contributed by atoms with Gasteiger partial charge in [-0.3, -0.25) is 9.59 Å². The van der Waals surface area contributed by atoms with Crippen molar-refractivity contribution < 1.29 is 24.5 Å². The zero-order valence-electron chi connectivity index (χ0n) is 61.4. The zero-order valence-corrected chi connectivity index (χ0v) is 61.4. The molecule has 0 fully saturated rings. The topological polar surface area (TPSA) is 95.9 Å². The number of nitrogens with one attached hydrogen (secondary N) is 1. The number of hydrogen-bond donors (Lipinski definition) is 3. The van der Waals surface area contributed by atoms with E-state index in [2.05, 4.69) is 31.3 Å². The van der Waals surface area contributed by atoms with E-state index in [1.807, 2.05) is 6.08 Å². The summed E-state index contributed by atoms with van der Waals surface area (Å²) < 4.78 is 5.51. The lowest BCUT2D eigenvalue weighted by Crippen LogP contribution is -2.45. The minimum Gasteiger partial charge on any atom is -0.466 e. The van der Waals surface area contributed by atoms with Gasteiger partial charge in [0.1, 0.15) is 0 Å². The molecule has 0 aromatic rings. The first-order chi connectivity index (χ1) is 44.5. The van der Waals surface area contributed by atoms with Crippen molar-refractivity contribution in [2.24, 2.45) is 0 Å². The second-order valence-corrected chi connectivity index (χ2v) is 28.8. The molecule has 3 N–H and O–H groups in total. The molecule has 0 spiro atoms. The van der Waals surface area contributed by atoms with Crippen LogP contribution in [0.4, 0.5) is 0 Å². The normalized spacial score (nSPS) is 12.5. The fourth-order valence-electron chi connectivity index (χ4n) is 13.4. The van der Waals surface area contributed by atoms with Gasteiger partial charge in [-0.15, -0.1) is 0 Å². The Morgan fingerprint density at radius 1 is 0.300 bits per heavy atom. The van der Waals surface area contributed by atoms with Crippen LogP contribution in [0, 0.1) is 0 Å². The quantitative estimate of drug-likeness (QED) is 0.0320. The van der Waals surface area contributed by atoms with Crippen LogP contribution in [0.15, 0.2) is 24.3 Å². The fraction of sp³-hybridized carbons (Fsp3) is 0.929. The summed E-state index contributed by atoms with van der Waals surface area (Å²) in [6.45, 7) is 4.96. The summed E-state index contributed by atoms with van der Waals surface area (Å²) in [4.78, 5) is 24.7. The lowest BCUT2D eigenvalue weighted by atomic mass is 10.0. The summed E-state index contributed by atoms with van der Waals surface area (Å²) >= 11 is 0. The number of esters is 1. The fourth-order valence-corrected chi connectivity index (χ4v) is 13.4. The van der Waals surface area contributed by atoms with Crippen molar-refractivity contribution in [1.82, 2.24) is 5.32 Å². The van der Waals surface area contributed by atoms with Gasteiger partial charge in [-0.05, 0) is 57.8 Å². The molecule has 6 nitrogen and oxygen atoms in total. The summed E-state index contributed by atoms with van der Waals surface area (Å²) in [5.41, 5.74) is 0. The van der Waals surface area contributed by atoms with E-state index in [9.17, 15) is 19.8 Å². The molecule has 0 bridgehead atoms. The second kappa shape index (κ2) is 79.8. The summed E-state index contributed by atoms with van der Waals surface area (Å²) in [6.07, 6.45) is 103. The average molecular weight is 1270 g/mol. The Hall–Kier alpha value is -1.66. The van der Waals surface area contributed by atoms with E-state index in [-0.39, 0.29) is 18.5 Å². The van der Waals surface area contributed by atoms with Crippen molar-refractivity contribution in [3.63, 3.8) is 0 Å². The predicted octanol–water partition coefficient (Wildman–Crippen LogP) is 27.6. The van der Waals surface area contributed by atoms with Crippen molar-refractivity contribution in [1.29, 1.82) is 0 Å². The van der Waals surface area contributed by atoms with Crippen LogP contribution in [-0.4, -0.2) is 47.4 Å². The third-order valence-electron chi connectivity index (χ3n) is 19.7. The number of ether oxygens (including phenoxy) is 1. The Balaban J connectivity index is 3.35. The number of hydrogen-bond acceptors (Lipinski definition) is 5. The highest BCUT2D eigenvalue weighted by Gasteiger charge is 2.18. The molecule has 0 radical (unpaired) electrons. The molecule has 6 heteroatoms. The summed E-state index contributed by atoms with van der Waals surface area (Å²) in [6, 6.07) is -0.626. The Morgan fingerprint density at radius 3 is 0.789 bits per heavy atom. The number of rotatable bonds is 79. The Kier molecular flexibility index (Phi) is 78.3. The minimum absolute atomic E-state index is 0.0183. The van der Waals surface area contributed by atoms with Gasteiger partial charge in [0, 0.05) is 12.8 Å². The average Bonchev–Trinajstić information content (AvgIpc) is 3.69. The van der Waals surface area contributed by atoms with E-state index in [1.165, 1.54) is 405 Å². The van der Waals surface area contributed by atoms with Gasteiger partial charge in [0.2, 0.25) is 5.91 Å². The first-order valence-corrected chi connectivity index (χ1v) is 41.6. The van der Waals surface area contributed by atoms with Gasteiger partial charge in [0.25, 0.3) is 0 Å². The molecule has 1 amide bonds. The first kappa shape index (κ1) is 88.3. The molecule has 0 aromatic carbocycles. The molecule has 2 unspecified atom stereocenters. The van der Waals surface area contributed by atoms with E-state index in [1.54, 1.807) is 6.08 Å². The molecule has 534 valence electrons. The van der Waals surface area contributed by atoms with Crippen molar-refractivity contribution in [3.05, 3.63) is 24.3 Å². The van der Waals surface area contributed by atoms with E-state index in [4.69, 9.17) is 4.74 Å². The van der Waals surface area contributed by atoms with Crippen molar-refractivity contribution in [3.8, 4) is 0 Å². The summed E-state index contributed by atoms with van der Waals surface area (Å²) in [5, 5.41) is 23.3. The van der Waals surface area contributed by atoms with Crippen LogP contribution in [0.25, 0.3) is 0 Å². The van der Waals surface area contributed by atoms with Gasteiger partial charge >= 0.3 is 5.97 Å². The molecule has 90 heavy (non-hydrogen) atoms. The largest absolute Gasteiger partial charge is 0.466 e. The van der Waals surface area contributed by atoms with Crippen LogP contribution >= 0.6 is 0 Å². The third kappa shape index (κ3) is 75.4. The molecule has 0 aromatic heterocycles. The minimum atomic E-state index is -0.843. The highest BCUT2D eigenvalue weighted by Crippen LogP contribution is 2.20. The van der Waals surface area contributed by atoms with Crippen molar-refractivity contribution >= 4 is 11.9 Å². The number of allylic oxidation sites excluding steroid dienone is 3. The summed E-state index contributed by atoms with van der Waals surface area (Å²) in [5.74, 6) is -0.0397. The lowest BCUT2D eigenvalue weighted by molar-refractivity contribution is -0.143. The van der Waals surface area contributed by atoms with E-state index >= 15 is 0 Å². The maximum atomic E-state index is 12.6. The van der Waals surface area contributed by atoms with E-state index in [0.717, 1.165) is 44.9 Å². The van der Waals surface area contributed by atoms with Crippen LogP contribution in [0.3, 0.4) is 0 Å². The molecule has 0 aliphatic heterocycles. The van der Waals surface area contributed by atoms with Crippen LogP contribution in [0.1, 0.15) is 476 Å². The maximum absolute atomic E-state index is 12.6. The first-order valence-electron chi connectivity index (χ1n) is 41.6. The SMILES string of the molecule is CCCCCCCC/C=C\CCCCCCCCCC(=O)OCCCCCCCCCCCCCCCCCCCCCCCCCCCCCCCCCC(=O)NC(CO)C(O)/C=C/CCCCCCCCCCCCCCCCCCCCCCCCC. The van der Waals surface area contributed by atoms with Gasteiger partial charge in [-0.25, -0.2) is 0 Å². The standard InChI is InChI=1S/C84H163NO5/c1-3-5-7-9-11-13-15-17-19-21-22-23-24-32-35-38-41-45-48-52-56-60-64-68-72-76-82(87)81(80-86)85-83(88)77-73-69-65-61-57-53-49-46-42-39-36-33-30-28-26-25-27-29-31-34-37-40-43-47-51-55-59-63-67-71-75-79-90-84(89)78-74-70-66-62-58-54-50-44-20-18-16-14-12-10-8-6-4-2/h18,20,72,76,81-82,86-87H,3-17,19,21-71,73-75,77-80H2,1-2H3,(H,85,88)/b20-18-,76-72+. The van der Waals surface area contributed by atoms with Gasteiger partial charge in [-0.2, -0.15) is 0 Å². The number of aliphatic hydroxyl groups excluding tert-OH is 2. The molecular formula is C84H163NO5. The van der Waals surface area contributed by atoms with Crippen LogP contribution in [0.2, 0.25) is 0 Å². The summed E-state index contributed by atoms with van der Waals surface area (Å²) in [7, 11) is 0. The van der Waals surface area contributed by atoms with Crippen LogP contribution in [-0.2, 0) is 14.3 Å². The van der Waals surface area contributed by atoms with Gasteiger partial charge < -0.3 is 20.3 Å². The lowest BCUT2D eigenvalue weighted by Gasteiger charge is -2.20. The molecular weight excluding hydrogens is 1100 g/mol. The number of aliphatic hydroxyl groups is 2. The Labute approximate surface area is 564 Å². The monoisotopic (exact) mass is 1270 g/mol. The van der Waals surface area contributed by atoms with Crippen molar-refractivity contribution in [2.75, 3.05) is 13.2 Å². The van der Waals surface area contributed by atoms with Gasteiger partial charge in [0.05, 0.1) is 25.4 Å². The molecule has 0 saturated carbocycles. The van der Waals surface area contributed by atoms with Crippen LogP contribution in [0.5, 0.6) is 0 Å². The Morgan fingerprint density at radius 2 is 0.522 bits per heavy atom. The van der Waals surface area contributed by atoms with Gasteiger partial charge in [0.15, 0.2) is 0 Å². The third-order valence-corrected chi connectivity index (χ3v) is 19.7. The maximum Gasteiger partial charge on any atom is 0.305 e. The Bertz CT molecular complexity index is 1410. The number of amides is 1. The number of unbranched alkanes of at least 4 members (excludes halogenated alkanes) is 66. The number of carbonyl (C=O) groups excluding carboxylic acids is 2. The zero-order chi connectivity index (χ0) is 64.9. The predicted molar refractivity (Wildman–Crippen MR) is 398 cm³/mol. The molecule has 0 heterocycles. The van der Waals surface area contributed by atoms with Crippen molar-refractivity contribution in [2.45, 2.75) is 488 Å². The molecule has 0 saturated heterocycles. The van der Waals surface area contributed by atoms with Gasteiger partial charge in [-0.1, -0.05) is 430 Å². The van der Waals surface area contributed by atoms with Crippen LogP contribution < -0.4 is 5.32 Å². The highest BCUT2D eigenvalue weighted by molar-refractivity contribution is 5.76. The smallest absolute Gasteiger partial charge is 0.305 e.